The molecule has 2 aliphatic rings. The standard InChI is InChI=1S/C11H15N3O2/c1-7-4-3-5-9-13(2)6-8(10(12)15)11(16)14(7)9/h5-7H,3-4H2,1-2H3,(H2,12,15)/t7-/m0/s1. The summed E-state index contributed by atoms with van der Waals surface area (Å²) in [5.41, 5.74) is 5.24. The number of allylic oxidation sites excluding steroid dienone is 1. The molecular formula is C11H15N3O2. The summed E-state index contributed by atoms with van der Waals surface area (Å²) in [6.45, 7) is 1.97. The second kappa shape index (κ2) is 3.66. The number of hydrogen-bond donors (Lipinski definition) is 1. The normalized spacial score (nSPS) is 24.9. The number of carbonyl (C=O) groups is 2. The Hall–Kier alpha value is -1.78. The Labute approximate surface area is 94.2 Å². The summed E-state index contributed by atoms with van der Waals surface area (Å²) < 4.78 is 0. The van der Waals surface area contributed by atoms with Gasteiger partial charge in [-0.15, -0.1) is 0 Å². The van der Waals surface area contributed by atoms with E-state index in [9.17, 15) is 9.59 Å². The third-order valence-electron chi connectivity index (χ3n) is 3.00. The molecule has 0 fully saturated rings. The van der Waals surface area contributed by atoms with Gasteiger partial charge < -0.3 is 10.6 Å². The molecule has 0 aromatic heterocycles. The first-order chi connectivity index (χ1) is 7.52. The van der Waals surface area contributed by atoms with Gasteiger partial charge in [0.25, 0.3) is 11.8 Å². The van der Waals surface area contributed by atoms with Gasteiger partial charge in [-0.2, -0.15) is 0 Å². The molecule has 0 aliphatic carbocycles. The van der Waals surface area contributed by atoms with Crippen LogP contribution in [0.25, 0.3) is 0 Å². The van der Waals surface area contributed by atoms with Crippen LogP contribution < -0.4 is 5.73 Å². The molecule has 2 heterocycles. The second-order valence-corrected chi connectivity index (χ2v) is 4.18. The van der Waals surface area contributed by atoms with Gasteiger partial charge >= 0.3 is 0 Å². The molecule has 0 saturated carbocycles. The van der Waals surface area contributed by atoms with Crippen molar-refractivity contribution >= 4 is 11.8 Å². The van der Waals surface area contributed by atoms with E-state index in [4.69, 9.17) is 5.73 Å². The van der Waals surface area contributed by atoms with Crippen LogP contribution in [0.5, 0.6) is 0 Å². The second-order valence-electron chi connectivity index (χ2n) is 4.18. The summed E-state index contributed by atoms with van der Waals surface area (Å²) in [5, 5.41) is 0. The van der Waals surface area contributed by atoms with E-state index in [1.54, 1.807) is 9.80 Å². The van der Waals surface area contributed by atoms with Crippen molar-refractivity contribution in [3.05, 3.63) is 23.7 Å². The van der Waals surface area contributed by atoms with Crippen LogP contribution in [-0.2, 0) is 9.59 Å². The maximum Gasteiger partial charge on any atom is 0.266 e. The minimum absolute atomic E-state index is 0.0494. The number of nitrogens with two attached hydrogens (primary N) is 1. The van der Waals surface area contributed by atoms with Crippen LogP contribution in [0.1, 0.15) is 19.8 Å². The lowest BCUT2D eigenvalue weighted by atomic mass is 10.0. The van der Waals surface area contributed by atoms with Gasteiger partial charge in [0.15, 0.2) is 0 Å². The Kier molecular flexibility index (Phi) is 2.46. The molecule has 0 spiro atoms. The maximum absolute atomic E-state index is 12.0. The fourth-order valence-corrected chi connectivity index (χ4v) is 2.14. The molecule has 5 heteroatoms. The third kappa shape index (κ3) is 1.48. The van der Waals surface area contributed by atoms with Gasteiger partial charge in [-0.25, -0.2) is 0 Å². The van der Waals surface area contributed by atoms with Gasteiger partial charge in [0.05, 0.1) is 0 Å². The molecule has 0 aromatic rings. The first-order valence-electron chi connectivity index (χ1n) is 5.30. The molecule has 0 bridgehead atoms. The van der Waals surface area contributed by atoms with Gasteiger partial charge in [0.2, 0.25) is 0 Å². The van der Waals surface area contributed by atoms with E-state index in [0.717, 1.165) is 18.7 Å². The zero-order valence-corrected chi connectivity index (χ0v) is 9.43. The van der Waals surface area contributed by atoms with Crippen molar-refractivity contribution in [1.29, 1.82) is 0 Å². The van der Waals surface area contributed by atoms with Crippen LogP contribution in [-0.4, -0.2) is 34.7 Å². The van der Waals surface area contributed by atoms with Gasteiger partial charge in [-0.05, 0) is 25.8 Å². The SMILES string of the molecule is C[C@H]1CCC=C2N(C)C=C(C(N)=O)C(=O)N21. The summed E-state index contributed by atoms with van der Waals surface area (Å²) in [6, 6.07) is 0.109. The van der Waals surface area contributed by atoms with Gasteiger partial charge in [0.1, 0.15) is 11.4 Å². The zero-order chi connectivity index (χ0) is 11.9. The van der Waals surface area contributed by atoms with Crippen LogP contribution in [0.3, 0.4) is 0 Å². The van der Waals surface area contributed by atoms with Crippen molar-refractivity contribution in [2.45, 2.75) is 25.8 Å². The lowest BCUT2D eigenvalue weighted by Crippen LogP contribution is -2.49. The fourth-order valence-electron chi connectivity index (χ4n) is 2.14. The molecular weight excluding hydrogens is 206 g/mol. The Morgan fingerprint density at radius 3 is 2.88 bits per heavy atom. The molecule has 0 unspecified atom stereocenters. The molecule has 2 aliphatic heterocycles. The monoisotopic (exact) mass is 221 g/mol. The molecule has 0 saturated heterocycles. The first-order valence-corrected chi connectivity index (χ1v) is 5.30. The number of fused-ring (bicyclic) bond motifs is 1. The molecule has 86 valence electrons. The summed E-state index contributed by atoms with van der Waals surface area (Å²) in [5.74, 6) is -0.119. The summed E-state index contributed by atoms with van der Waals surface area (Å²) >= 11 is 0. The molecule has 2 N–H and O–H groups in total. The highest BCUT2D eigenvalue weighted by Crippen LogP contribution is 2.28. The minimum Gasteiger partial charge on any atom is -0.365 e. The quantitative estimate of drug-likeness (QED) is 0.641. The number of amides is 2. The Morgan fingerprint density at radius 2 is 2.25 bits per heavy atom. The maximum atomic E-state index is 12.0. The highest BCUT2D eigenvalue weighted by molar-refractivity contribution is 6.18. The predicted octanol–water partition coefficient (Wildman–Crippen LogP) is 0.153. The molecule has 16 heavy (non-hydrogen) atoms. The van der Waals surface area contributed by atoms with E-state index >= 15 is 0 Å². The number of hydrogen-bond acceptors (Lipinski definition) is 3. The van der Waals surface area contributed by atoms with E-state index < -0.39 is 5.91 Å². The number of primary amides is 1. The lowest BCUT2D eigenvalue weighted by Gasteiger charge is -2.41. The summed E-state index contributed by atoms with van der Waals surface area (Å²) in [4.78, 5) is 26.6. The third-order valence-corrected chi connectivity index (χ3v) is 3.00. The first kappa shape index (κ1) is 10.7. The smallest absolute Gasteiger partial charge is 0.266 e. The minimum atomic E-state index is -0.673. The highest BCUT2D eigenvalue weighted by atomic mass is 16.2. The lowest BCUT2D eigenvalue weighted by molar-refractivity contribution is -0.131. The number of carbonyl (C=O) groups excluding carboxylic acids is 2. The van der Waals surface area contributed by atoms with Crippen molar-refractivity contribution < 1.29 is 9.59 Å². The van der Waals surface area contributed by atoms with E-state index in [2.05, 4.69) is 0 Å². The largest absolute Gasteiger partial charge is 0.365 e. The van der Waals surface area contributed by atoms with Crippen LogP contribution in [0, 0.1) is 0 Å². The average molecular weight is 221 g/mol. The Morgan fingerprint density at radius 1 is 1.56 bits per heavy atom. The number of nitrogens with zero attached hydrogens (tertiary/aromatic N) is 2. The van der Waals surface area contributed by atoms with Gasteiger partial charge in [-0.3, -0.25) is 14.5 Å². The van der Waals surface area contributed by atoms with Crippen molar-refractivity contribution in [1.82, 2.24) is 9.80 Å². The van der Waals surface area contributed by atoms with Crippen LogP contribution in [0.15, 0.2) is 23.7 Å². The zero-order valence-electron chi connectivity index (χ0n) is 9.43. The van der Waals surface area contributed by atoms with Crippen LogP contribution >= 0.6 is 0 Å². The molecule has 2 rings (SSSR count). The van der Waals surface area contributed by atoms with E-state index in [0.29, 0.717) is 0 Å². The topological polar surface area (TPSA) is 66.6 Å². The number of rotatable bonds is 1. The Bertz CT molecular complexity index is 411. The van der Waals surface area contributed by atoms with E-state index in [-0.39, 0.29) is 17.5 Å². The Balaban J connectivity index is 2.46. The van der Waals surface area contributed by atoms with Crippen LogP contribution in [0.4, 0.5) is 0 Å². The highest BCUT2D eigenvalue weighted by Gasteiger charge is 2.35. The average Bonchev–Trinajstić information content (AvgIpc) is 2.22. The van der Waals surface area contributed by atoms with E-state index in [1.807, 2.05) is 20.0 Å². The van der Waals surface area contributed by atoms with Crippen molar-refractivity contribution in [2.75, 3.05) is 7.05 Å². The fraction of sp³-hybridized carbons (Fsp3) is 0.455. The summed E-state index contributed by atoms with van der Waals surface area (Å²) in [6.07, 6.45) is 5.37. The van der Waals surface area contributed by atoms with Crippen molar-refractivity contribution in [3.63, 3.8) is 0 Å². The van der Waals surface area contributed by atoms with Crippen molar-refractivity contribution in [2.24, 2.45) is 5.73 Å². The molecule has 1 atom stereocenters. The molecule has 0 aromatic carbocycles. The van der Waals surface area contributed by atoms with Crippen molar-refractivity contribution in [3.8, 4) is 0 Å². The van der Waals surface area contributed by atoms with Gasteiger partial charge in [-0.1, -0.05) is 0 Å². The van der Waals surface area contributed by atoms with E-state index in [1.165, 1.54) is 6.20 Å². The van der Waals surface area contributed by atoms with Gasteiger partial charge in [0, 0.05) is 19.3 Å². The predicted molar refractivity (Wildman–Crippen MR) is 58.7 cm³/mol. The summed E-state index contributed by atoms with van der Waals surface area (Å²) in [7, 11) is 1.81. The molecule has 5 nitrogen and oxygen atoms in total. The molecule has 0 radical (unpaired) electrons. The van der Waals surface area contributed by atoms with Crippen LogP contribution in [0.2, 0.25) is 0 Å². The molecule has 2 amide bonds.